The molecule has 0 saturated heterocycles. The van der Waals surface area contributed by atoms with Crippen LogP contribution in [0.2, 0.25) is 0 Å². The summed E-state index contributed by atoms with van der Waals surface area (Å²) in [6, 6.07) is 0. The molecule has 0 aliphatic rings. The number of Topliss-reactive ketones (excluding diaryl/α,β-unsaturated/α-hetero) is 2. The van der Waals surface area contributed by atoms with Gasteiger partial charge in [0.1, 0.15) is 11.6 Å². The number of ketones is 2. The lowest BCUT2D eigenvalue weighted by Crippen LogP contribution is -2.13. The Balaban J connectivity index is -0.000000155. The first kappa shape index (κ1) is 110. The number of carbonyl (C=O) groups is 2. The highest BCUT2D eigenvalue weighted by Gasteiger charge is 2.12. The monoisotopic (exact) mass is 1370 g/mol. The molecule has 0 amide bonds. The lowest BCUT2D eigenvalue weighted by Gasteiger charge is -2.14. The largest absolute Gasteiger partial charge is 0.393 e. The Morgan fingerprint density at radius 2 is 0.490 bits per heavy atom. The molecule has 11 heteroatoms. The predicted molar refractivity (Wildman–Crippen MR) is 422 cm³/mol. The second kappa shape index (κ2) is 83.9. The molecule has 0 bridgehead atoms. The van der Waals surface area contributed by atoms with Gasteiger partial charge < -0.3 is 55.5 Å². The minimum atomic E-state index is -0.229. The molecule has 0 radical (unpaired) electrons. The summed E-state index contributed by atoms with van der Waals surface area (Å²) in [6.07, 6.45) is 53.0. The van der Waals surface area contributed by atoms with Gasteiger partial charge in [0.15, 0.2) is 0 Å². The summed E-state index contributed by atoms with van der Waals surface area (Å²) in [5, 5.41) is 82.3. The Morgan fingerprint density at radius 3 is 0.771 bits per heavy atom. The van der Waals surface area contributed by atoms with E-state index in [0.29, 0.717) is 59.5 Å². The van der Waals surface area contributed by atoms with Crippen molar-refractivity contribution in [3.05, 3.63) is 36.5 Å². The Bertz CT molecular complexity index is 1570. The van der Waals surface area contributed by atoms with E-state index < -0.39 is 0 Å². The van der Waals surface area contributed by atoms with Crippen molar-refractivity contribution < 1.29 is 55.5 Å². The van der Waals surface area contributed by atoms with Crippen molar-refractivity contribution in [1.29, 1.82) is 0 Å². The molecule has 0 aromatic carbocycles. The number of carbonyl (C=O) groups excluding carboxylic acids is 2. The van der Waals surface area contributed by atoms with Crippen LogP contribution in [0.15, 0.2) is 36.5 Å². The molecule has 17 atom stereocenters. The maximum absolute atomic E-state index is 10.7. The van der Waals surface area contributed by atoms with Crippen LogP contribution >= 0.6 is 0 Å². The van der Waals surface area contributed by atoms with Gasteiger partial charge in [0.25, 0.3) is 0 Å². The zero-order chi connectivity index (χ0) is 75.7. The molecule has 96 heavy (non-hydrogen) atoms. The van der Waals surface area contributed by atoms with E-state index in [0.717, 1.165) is 83.5 Å². The highest BCUT2D eigenvalue weighted by Crippen LogP contribution is 2.19. The number of allylic oxidation sites excluding steroid dienone is 6. The van der Waals surface area contributed by atoms with Gasteiger partial charge in [-0.25, -0.2) is 0 Å². The van der Waals surface area contributed by atoms with Gasteiger partial charge in [0.2, 0.25) is 0 Å². The van der Waals surface area contributed by atoms with Crippen LogP contribution in [0.25, 0.3) is 0 Å². The molecular formula is C85H176O11. The van der Waals surface area contributed by atoms with E-state index in [1.807, 2.05) is 89.2 Å². The minimum absolute atomic E-state index is 0.128. The quantitative estimate of drug-likeness (QED) is 0.0206. The molecule has 0 aliphatic carbocycles. The van der Waals surface area contributed by atoms with E-state index in [1.165, 1.54) is 141 Å². The molecule has 9 N–H and O–H groups in total. The summed E-state index contributed by atoms with van der Waals surface area (Å²) in [7, 11) is 0. The average molecular weight is 1370 g/mol. The molecular weight excluding hydrogens is 1200 g/mol. The van der Waals surface area contributed by atoms with Crippen LogP contribution < -0.4 is 0 Å². The molecule has 0 saturated carbocycles. The fourth-order valence-corrected chi connectivity index (χ4v) is 8.93. The van der Waals surface area contributed by atoms with Crippen molar-refractivity contribution >= 4 is 11.6 Å². The van der Waals surface area contributed by atoms with Crippen molar-refractivity contribution in [3.63, 3.8) is 0 Å². The van der Waals surface area contributed by atoms with Gasteiger partial charge in [-0.05, 0) is 227 Å². The van der Waals surface area contributed by atoms with Gasteiger partial charge in [-0.3, -0.25) is 0 Å². The fraction of sp³-hybridized carbons (Fsp3) is 0.906. The number of rotatable bonds is 50. The number of unbranched alkanes of at least 4 members (excludes halogenated alkanes) is 18. The highest BCUT2D eigenvalue weighted by atomic mass is 16.3. The number of aliphatic hydroxyl groups excluding tert-OH is 9. The summed E-state index contributed by atoms with van der Waals surface area (Å²) >= 11 is 0. The summed E-state index contributed by atoms with van der Waals surface area (Å²) in [6.45, 7) is 47.4. The van der Waals surface area contributed by atoms with Crippen LogP contribution in [0.3, 0.4) is 0 Å². The van der Waals surface area contributed by atoms with Crippen LogP contribution in [-0.2, 0) is 9.59 Å². The second-order valence-electron chi connectivity index (χ2n) is 29.7. The normalized spacial score (nSPS) is 16.5. The third-order valence-corrected chi connectivity index (χ3v) is 18.8. The first-order chi connectivity index (χ1) is 45.0. The molecule has 582 valence electrons. The van der Waals surface area contributed by atoms with Crippen molar-refractivity contribution in [2.24, 2.45) is 47.3 Å². The van der Waals surface area contributed by atoms with Crippen molar-refractivity contribution in [2.75, 3.05) is 0 Å². The van der Waals surface area contributed by atoms with Crippen LogP contribution in [0.5, 0.6) is 0 Å². The fourth-order valence-electron chi connectivity index (χ4n) is 8.93. The summed E-state index contributed by atoms with van der Waals surface area (Å²) in [4.78, 5) is 21.3. The second-order valence-corrected chi connectivity index (χ2v) is 29.7. The molecule has 0 aliphatic heterocycles. The van der Waals surface area contributed by atoms with Crippen molar-refractivity contribution in [1.82, 2.24) is 0 Å². The smallest absolute Gasteiger partial charge is 0.129 e. The third-order valence-electron chi connectivity index (χ3n) is 18.8. The molecule has 0 heterocycles. The molecule has 0 fully saturated rings. The van der Waals surface area contributed by atoms with E-state index in [-0.39, 0.29) is 60.7 Å². The molecule has 0 rings (SSSR count). The summed E-state index contributed by atoms with van der Waals surface area (Å²) in [5.74, 6) is 3.90. The van der Waals surface area contributed by atoms with Crippen LogP contribution in [0, 0.1) is 47.3 Å². The Kier molecular flexibility index (Phi) is 96.2. The Morgan fingerprint density at radius 1 is 0.260 bits per heavy atom. The number of aliphatic hydroxyl groups is 9. The number of hydrogen-bond donors (Lipinski definition) is 9. The molecule has 0 aromatic heterocycles. The highest BCUT2D eigenvalue weighted by molar-refractivity contribution is 5.75. The minimum Gasteiger partial charge on any atom is -0.393 e. The summed E-state index contributed by atoms with van der Waals surface area (Å²) < 4.78 is 0. The standard InChI is InChI=1S/C13H26O2.C13H24O2.C12H26O.C12H24O.C10H22O.C9H20O2.C8H18O.C8H16O/c2*1-11(13(3)15)9-7-5-4-6-8-10-12(2)14;2*1-4-5-6-7-8-9-10-11(2)12(3)13;1-4-5-6-7-8-9(2)10(3)11;1-7(9(3)11)5-4-6-8(2)10;2*1-4-5-6-7(2)8(3)9/h11,13,15H,4-10H2,1-3H3;5,7,11,13,15H,4,6,8-10H2,1-3H3;11-13H,4-10H2,1-3H3;8-9,11-13H,4-7,10H2,1-3H3;9-11H,4-8H2,1-3H3;7-11H,4-6H2,1-3H3;7-9H,4-6H2,1-3H3;4-5,7-9H,6H2,1-3H3/b;7-5+;;9-8+;;;;5-4+/t2*11-,13+;2*11-,12+;9-,10+;7-,8?,9+;2*7-,8+/m11111111/s1. The van der Waals surface area contributed by atoms with E-state index in [2.05, 4.69) is 92.7 Å². The van der Waals surface area contributed by atoms with Gasteiger partial charge in [0, 0.05) is 12.8 Å². The van der Waals surface area contributed by atoms with E-state index in [9.17, 15) is 35.1 Å². The van der Waals surface area contributed by atoms with Gasteiger partial charge in [-0.1, -0.05) is 242 Å². The topological polar surface area (TPSA) is 216 Å². The molecule has 11 nitrogen and oxygen atoms in total. The van der Waals surface area contributed by atoms with Gasteiger partial charge in [-0.15, -0.1) is 0 Å². The summed E-state index contributed by atoms with van der Waals surface area (Å²) in [5.41, 5.74) is 0. The first-order valence-electron chi connectivity index (χ1n) is 40.0. The average Bonchev–Trinajstić information content (AvgIpc) is 3.68. The molecule has 1 unspecified atom stereocenters. The maximum atomic E-state index is 10.7. The number of hydrogen-bond acceptors (Lipinski definition) is 11. The molecule has 0 aromatic rings. The lowest BCUT2D eigenvalue weighted by molar-refractivity contribution is -0.117. The maximum Gasteiger partial charge on any atom is 0.129 e. The van der Waals surface area contributed by atoms with Crippen molar-refractivity contribution in [2.45, 2.75) is 452 Å². The van der Waals surface area contributed by atoms with Gasteiger partial charge in [0.05, 0.1) is 54.9 Å². The zero-order valence-corrected chi connectivity index (χ0v) is 68.6. The Labute approximate surface area is 600 Å². The van der Waals surface area contributed by atoms with Crippen LogP contribution in [0.1, 0.15) is 397 Å². The van der Waals surface area contributed by atoms with E-state index in [1.54, 1.807) is 20.8 Å². The third kappa shape index (κ3) is 103. The van der Waals surface area contributed by atoms with Gasteiger partial charge >= 0.3 is 0 Å². The molecule has 0 spiro atoms. The lowest BCUT2D eigenvalue weighted by atomic mass is 9.98. The van der Waals surface area contributed by atoms with Gasteiger partial charge in [-0.2, -0.15) is 0 Å². The zero-order valence-electron chi connectivity index (χ0n) is 68.6. The van der Waals surface area contributed by atoms with Crippen LogP contribution in [-0.4, -0.2) is 112 Å². The van der Waals surface area contributed by atoms with E-state index >= 15 is 0 Å². The van der Waals surface area contributed by atoms with Crippen molar-refractivity contribution in [3.8, 4) is 0 Å². The predicted octanol–water partition coefficient (Wildman–Crippen LogP) is 22.4. The first-order valence-corrected chi connectivity index (χ1v) is 40.0. The SMILES string of the molecule is C/C=C/C[C@@H](C)[C@H](C)O.CC(=O)CCCC/C=C/C[C@@H](C)[C@H](C)O.CC(=O)CCCCCCC[C@@H](C)[C@H](C)O.CC(O)CCC[C@@H](C)[C@H](C)O.CCCCC/C=C/C[C@@H](C)[C@H](C)O.CCCCCCCC[C@@H](C)[C@H](C)O.CCCCCC[C@@H](C)[C@H](C)O.CCCC[C@@H](C)[C@H](C)O. The Hall–Kier alpha value is -1.80. The van der Waals surface area contributed by atoms with E-state index in [4.69, 9.17) is 20.4 Å². The van der Waals surface area contributed by atoms with Crippen LogP contribution in [0.4, 0.5) is 0 Å².